The van der Waals surface area contributed by atoms with E-state index in [1.807, 2.05) is 62.4 Å². The quantitative estimate of drug-likeness (QED) is 0.212. The number of imide groups is 1. The number of ether oxygens (including phenoxy) is 2. The van der Waals surface area contributed by atoms with E-state index < -0.39 is 53.9 Å². The van der Waals surface area contributed by atoms with Crippen LogP contribution in [0, 0.1) is 5.92 Å². The van der Waals surface area contributed by atoms with Gasteiger partial charge in [-0.1, -0.05) is 80.6 Å². The number of hydrogen-bond acceptors (Lipinski definition) is 8. The molecule has 2 aromatic rings. The zero-order chi connectivity index (χ0) is 34.3. The van der Waals surface area contributed by atoms with Crippen molar-refractivity contribution in [2.24, 2.45) is 11.7 Å². The van der Waals surface area contributed by atoms with Crippen LogP contribution in [0.3, 0.4) is 0 Å². The molecule has 0 bridgehead atoms. The second kappa shape index (κ2) is 18.1. The Morgan fingerprint density at radius 3 is 2.11 bits per heavy atom. The van der Waals surface area contributed by atoms with Crippen LogP contribution in [0.15, 0.2) is 72.3 Å². The average molecular weight is 650 g/mol. The fourth-order valence-corrected chi connectivity index (χ4v) is 5.02. The van der Waals surface area contributed by atoms with Gasteiger partial charge in [0.1, 0.15) is 18.7 Å². The van der Waals surface area contributed by atoms with Crippen molar-refractivity contribution < 1.29 is 38.2 Å². The van der Waals surface area contributed by atoms with Crippen LogP contribution in [0.5, 0.6) is 0 Å². The topological polar surface area (TPSA) is 186 Å². The Hall–Kier alpha value is -5.20. The first kappa shape index (κ1) is 36.3. The molecule has 13 heteroatoms. The number of nitrogens with zero attached hydrogens (tertiary/aromatic N) is 1. The van der Waals surface area contributed by atoms with E-state index in [4.69, 9.17) is 10.5 Å². The zero-order valence-corrected chi connectivity index (χ0v) is 26.9. The fourth-order valence-electron chi connectivity index (χ4n) is 5.02. The summed E-state index contributed by atoms with van der Waals surface area (Å²) in [5.74, 6) is -2.32. The molecule has 47 heavy (non-hydrogen) atoms. The summed E-state index contributed by atoms with van der Waals surface area (Å²) in [5.41, 5.74) is 7.18. The lowest BCUT2D eigenvalue weighted by molar-refractivity contribution is -0.130. The van der Waals surface area contributed by atoms with Crippen molar-refractivity contribution in [3.05, 3.63) is 83.4 Å². The highest BCUT2D eigenvalue weighted by Crippen LogP contribution is 2.20. The van der Waals surface area contributed by atoms with Crippen molar-refractivity contribution in [1.29, 1.82) is 0 Å². The van der Waals surface area contributed by atoms with E-state index in [1.165, 1.54) is 13.2 Å². The predicted octanol–water partition coefficient (Wildman–Crippen LogP) is 2.73. The van der Waals surface area contributed by atoms with Gasteiger partial charge in [0.2, 0.25) is 17.7 Å². The maximum Gasteiger partial charge on any atom is 0.416 e. The third kappa shape index (κ3) is 11.9. The molecule has 1 heterocycles. The highest BCUT2D eigenvalue weighted by molar-refractivity contribution is 6.04. The molecule has 1 aliphatic heterocycles. The molecule has 13 nitrogen and oxygen atoms in total. The van der Waals surface area contributed by atoms with Gasteiger partial charge in [0.15, 0.2) is 0 Å². The lowest BCUT2D eigenvalue weighted by atomic mass is 10.0. The van der Waals surface area contributed by atoms with Gasteiger partial charge in [0.05, 0.1) is 7.11 Å². The summed E-state index contributed by atoms with van der Waals surface area (Å²) in [6, 6.07) is 15.2. The van der Waals surface area contributed by atoms with Crippen LogP contribution in [0.25, 0.3) is 0 Å². The molecule has 1 aliphatic rings. The van der Waals surface area contributed by atoms with Crippen LogP contribution in [0.2, 0.25) is 0 Å². The maximum absolute atomic E-state index is 13.8. The first-order chi connectivity index (χ1) is 22.5. The van der Waals surface area contributed by atoms with Gasteiger partial charge < -0.3 is 31.2 Å². The van der Waals surface area contributed by atoms with Crippen LogP contribution in [-0.2, 0) is 41.7 Å². The van der Waals surface area contributed by atoms with Gasteiger partial charge in [0, 0.05) is 31.0 Å². The number of hydrogen-bond donors (Lipinski definition) is 4. The van der Waals surface area contributed by atoms with Crippen LogP contribution in [-0.4, -0.2) is 72.5 Å². The van der Waals surface area contributed by atoms with Crippen LogP contribution in [0.4, 0.5) is 9.59 Å². The van der Waals surface area contributed by atoms with Crippen LogP contribution >= 0.6 is 0 Å². The normalized spacial score (nSPS) is 15.4. The van der Waals surface area contributed by atoms with Crippen molar-refractivity contribution in [3.63, 3.8) is 0 Å². The van der Waals surface area contributed by atoms with Gasteiger partial charge in [-0.15, -0.1) is 0 Å². The number of rotatable bonds is 15. The third-order valence-corrected chi connectivity index (χ3v) is 7.40. The number of carbonyl (C=O) groups excluding carboxylic acids is 6. The number of benzene rings is 2. The molecule has 3 rings (SSSR count). The maximum atomic E-state index is 13.8. The molecule has 0 unspecified atom stereocenters. The highest BCUT2D eigenvalue weighted by Gasteiger charge is 2.33. The number of primary amides is 1. The molecule has 5 N–H and O–H groups in total. The van der Waals surface area contributed by atoms with Crippen molar-refractivity contribution in [2.75, 3.05) is 13.7 Å². The molecule has 0 radical (unpaired) electrons. The van der Waals surface area contributed by atoms with E-state index in [2.05, 4.69) is 20.7 Å². The van der Waals surface area contributed by atoms with Gasteiger partial charge >= 0.3 is 12.2 Å². The smallest absolute Gasteiger partial charge is 0.416 e. The Labute approximate surface area is 274 Å². The lowest BCUT2D eigenvalue weighted by Gasteiger charge is -2.25. The number of carbonyl (C=O) groups is 6. The number of methoxy groups -OCH3 is 1. The standard InChI is InChI=1S/C34H43N5O8/c1-22(2)18-27(38-33(44)47-21-24-12-8-5-9-13-24)31(42)37-28(19-23-10-6-4-7-11-23)30(41)36-26(14-15-29(35)40)20-25-16-17-39(32(25)43)34(45)46-3/h4-13,20,22,26-28H,14-19,21H2,1-3H3,(H2,35,40)(H,36,41)(H,37,42)(H,38,44)/b25-20+/t26-,27-,28-/m0/s1. The Morgan fingerprint density at radius 1 is 0.894 bits per heavy atom. The third-order valence-electron chi connectivity index (χ3n) is 7.40. The molecular formula is C34H43N5O8. The largest absolute Gasteiger partial charge is 0.452 e. The molecule has 0 saturated carbocycles. The summed E-state index contributed by atoms with van der Waals surface area (Å²) in [5, 5.41) is 8.23. The van der Waals surface area contributed by atoms with E-state index in [-0.39, 0.29) is 56.7 Å². The SMILES string of the molecule is COC(=O)N1CC/C(=C\[C@H](CCC(N)=O)NC(=O)[C@H](Cc2ccccc2)NC(=O)[C@H](CC(C)C)NC(=O)OCc2ccccc2)C1=O. The molecule has 0 aromatic heterocycles. The summed E-state index contributed by atoms with van der Waals surface area (Å²) in [6.07, 6.45) is 0.521. The molecule has 0 aliphatic carbocycles. The number of alkyl carbamates (subject to hydrolysis) is 1. The molecule has 3 atom stereocenters. The zero-order valence-electron chi connectivity index (χ0n) is 26.9. The van der Waals surface area contributed by atoms with Gasteiger partial charge in [-0.2, -0.15) is 0 Å². The van der Waals surface area contributed by atoms with Gasteiger partial charge in [0.25, 0.3) is 5.91 Å². The molecule has 252 valence electrons. The Kier molecular flexibility index (Phi) is 13.9. The average Bonchev–Trinajstić information content (AvgIpc) is 3.41. The summed E-state index contributed by atoms with van der Waals surface area (Å²) in [6.45, 7) is 3.92. The highest BCUT2D eigenvalue weighted by atomic mass is 16.5. The molecule has 1 fully saturated rings. The van der Waals surface area contributed by atoms with E-state index >= 15 is 0 Å². The molecule has 1 saturated heterocycles. The van der Waals surface area contributed by atoms with Gasteiger partial charge in [-0.25, -0.2) is 14.5 Å². The summed E-state index contributed by atoms with van der Waals surface area (Å²) < 4.78 is 9.99. The van der Waals surface area contributed by atoms with Gasteiger partial charge in [-0.3, -0.25) is 19.2 Å². The second-order valence-corrected chi connectivity index (χ2v) is 11.6. The number of nitrogens with two attached hydrogens (primary N) is 1. The van der Waals surface area contributed by atoms with Gasteiger partial charge in [-0.05, 0) is 36.3 Å². The minimum absolute atomic E-state index is 0.0138. The van der Waals surface area contributed by atoms with Crippen molar-refractivity contribution in [3.8, 4) is 0 Å². The van der Waals surface area contributed by atoms with Crippen LogP contribution in [0.1, 0.15) is 50.7 Å². The summed E-state index contributed by atoms with van der Waals surface area (Å²) in [4.78, 5) is 77.4. The number of likely N-dealkylation sites (tertiary alicyclic amines) is 1. The van der Waals surface area contributed by atoms with Crippen molar-refractivity contribution >= 4 is 35.8 Å². The Balaban J connectivity index is 1.79. The Bertz CT molecular complexity index is 1430. The van der Waals surface area contributed by atoms with E-state index in [9.17, 15) is 28.8 Å². The number of amides is 6. The summed E-state index contributed by atoms with van der Waals surface area (Å²) in [7, 11) is 1.17. The minimum Gasteiger partial charge on any atom is -0.452 e. The molecular weight excluding hydrogens is 606 g/mol. The molecule has 2 aromatic carbocycles. The van der Waals surface area contributed by atoms with E-state index in [0.29, 0.717) is 0 Å². The Morgan fingerprint density at radius 2 is 1.51 bits per heavy atom. The lowest BCUT2D eigenvalue weighted by Crippen LogP contribution is -2.55. The summed E-state index contributed by atoms with van der Waals surface area (Å²) >= 11 is 0. The minimum atomic E-state index is -1.10. The van der Waals surface area contributed by atoms with Crippen molar-refractivity contribution in [2.45, 2.75) is 70.7 Å². The van der Waals surface area contributed by atoms with E-state index in [0.717, 1.165) is 16.0 Å². The molecule has 6 amide bonds. The van der Waals surface area contributed by atoms with Crippen LogP contribution < -0.4 is 21.7 Å². The first-order valence-electron chi connectivity index (χ1n) is 15.5. The monoisotopic (exact) mass is 649 g/mol. The fraction of sp³-hybridized carbons (Fsp3) is 0.412. The van der Waals surface area contributed by atoms with Crippen molar-refractivity contribution in [1.82, 2.24) is 20.9 Å². The molecule has 0 spiro atoms. The first-order valence-corrected chi connectivity index (χ1v) is 15.5. The predicted molar refractivity (Wildman–Crippen MR) is 172 cm³/mol. The number of nitrogens with one attached hydrogen (secondary N) is 3. The van der Waals surface area contributed by atoms with E-state index in [1.54, 1.807) is 12.1 Å². The second-order valence-electron chi connectivity index (χ2n) is 11.6.